The number of halogens is 2. The van der Waals surface area contributed by atoms with Gasteiger partial charge in [-0.05, 0) is 65.5 Å². The van der Waals surface area contributed by atoms with Crippen molar-refractivity contribution < 1.29 is 14.4 Å². The van der Waals surface area contributed by atoms with Crippen LogP contribution < -0.4 is 10.6 Å². The lowest BCUT2D eigenvalue weighted by molar-refractivity contribution is -0.140. The first-order valence-corrected chi connectivity index (χ1v) is 11.7. The first-order valence-electron chi connectivity index (χ1n) is 10.6. The first-order chi connectivity index (χ1) is 15.4. The number of benzene rings is 2. The van der Waals surface area contributed by atoms with Gasteiger partial charge in [-0.25, -0.2) is 0 Å². The van der Waals surface area contributed by atoms with Crippen LogP contribution in [-0.2, 0) is 9.59 Å². The number of para-hydroxylation sites is 1. The Morgan fingerprint density at radius 1 is 1.03 bits per heavy atom. The van der Waals surface area contributed by atoms with E-state index in [2.05, 4.69) is 26.6 Å². The fourth-order valence-corrected chi connectivity index (χ4v) is 4.69. The lowest BCUT2D eigenvalue weighted by atomic mass is 9.94. The maximum Gasteiger partial charge on any atom is 0.279 e. The highest BCUT2D eigenvalue weighted by molar-refractivity contribution is 9.10. The number of carbonyl (C=O) groups excluding carboxylic acids is 3. The summed E-state index contributed by atoms with van der Waals surface area (Å²) in [4.78, 5) is 39.8. The Morgan fingerprint density at radius 3 is 2.47 bits per heavy atom. The minimum Gasteiger partial charge on any atom is -0.349 e. The summed E-state index contributed by atoms with van der Waals surface area (Å²) in [6.07, 6.45) is 4.72. The molecule has 0 aromatic heterocycles. The van der Waals surface area contributed by atoms with Crippen molar-refractivity contribution >= 4 is 56.6 Å². The van der Waals surface area contributed by atoms with Gasteiger partial charge >= 0.3 is 0 Å². The SMILES string of the molecule is Cc1ccc(C(=O)Nc2ccccc2Br)cc1NC1=C(Cl)C(=O)N(C2CCCCC2)C1=O. The third-order valence-corrected chi connectivity index (χ3v) is 6.92. The van der Waals surface area contributed by atoms with E-state index in [0.717, 1.165) is 42.1 Å². The molecule has 3 amide bonds. The van der Waals surface area contributed by atoms with Crippen molar-refractivity contribution in [1.29, 1.82) is 0 Å². The van der Waals surface area contributed by atoms with Gasteiger partial charge in [0, 0.05) is 21.8 Å². The molecule has 2 aliphatic rings. The highest BCUT2D eigenvalue weighted by Gasteiger charge is 2.42. The molecule has 1 fully saturated rings. The van der Waals surface area contributed by atoms with Gasteiger partial charge in [0.25, 0.3) is 17.7 Å². The zero-order chi connectivity index (χ0) is 22.8. The molecule has 0 bridgehead atoms. The second-order valence-electron chi connectivity index (χ2n) is 8.05. The molecule has 166 valence electrons. The van der Waals surface area contributed by atoms with Gasteiger partial charge in [0.05, 0.1) is 5.69 Å². The van der Waals surface area contributed by atoms with Crippen LogP contribution in [0, 0.1) is 6.92 Å². The average Bonchev–Trinajstić information content (AvgIpc) is 3.00. The van der Waals surface area contributed by atoms with E-state index in [4.69, 9.17) is 11.6 Å². The Bertz CT molecular complexity index is 1130. The predicted octanol–water partition coefficient (Wildman–Crippen LogP) is 5.57. The van der Waals surface area contributed by atoms with Gasteiger partial charge in [0.1, 0.15) is 10.7 Å². The van der Waals surface area contributed by atoms with Crippen molar-refractivity contribution in [3.8, 4) is 0 Å². The fraction of sp³-hybridized carbons (Fsp3) is 0.292. The second-order valence-corrected chi connectivity index (χ2v) is 9.28. The maximum atomic E-state index is 13.1. The number of hydrogen-bond acceptors (Lipinski definition) is 4. The second kappa shape index (κ2) is 9.46. The number of nitrogens with one attached hydrogen (secondary N) is 2. The molecule has 2 aromatic carbocycles. The number of anilines is 2. The van der Waals surface area contributed by atoms with E-state index in [0.29, 0.717) is 16.9 Å². The normalized spacial score (nSPS) is 17.2. The van der Waals surface area contributed by atoms with E-state index in [1.54, 1.807) is 24.3 Å². The summed E-state index contributed by atoms with van der Waals surface area (Å²) in [6.45, 7) is 1.85. The van der Waals surface area contributed by atoms with Crippen molar-refractivity contribution in [2.24, 2.45) is 0 Å². The first kappa shape index (κ1) is 22.6. The van der Waals surface area contributed by atoms with Crippen molar-refractivity contribution in [2.75, 3.05) is 10.6 Å². The van der Waals surface area contributed by atoms with Crippen molar-refractivity contribution in [1.82, 2.24) is 4.90 Å². The molecule has 0 saturated heterocycles. The molecule has 8 heteroatoms. The summed E-state index contributed by atoms with van der Waals surface area (Å²) in [7, 11) is 0. The Labute approximate surface area is 200 Å². The predicted molar refractivity (Wildman–Crippen MR) is 129 cm³/mol. The Balaban J connectivity index is 1.55. The number of aryl methyl sites for hydroxylation is 1. The summed E-state index contributed by atoms with van der Waals surface area (Å²) in [5.74, 6) is -1.15. The largest absolute Gasteiger partial charge is 0.349 e. The van der Waals surface area contributed by atoms with Crippen molar-refractivity contribution in [3.63, 3.8) is 0 Å². The van der Waals surface area contributed by atoms with Gasteiger partial charge in [-0.3, -0.25) is 19.3 Å². The van der Waals surface area contributed by atoms with Gasteiger partial charge in [0.15, 0.2) is 0 Å². The number of rotatable bonds is 5. The van der Waals surface area contributed by atoms with E-state index >= 15 is 0 Å². The quantitative estimate of drug-likeness (QED) is 0.509. The minimum atomic E-state index is -0.452. The summed E-state index contributed by atoms with van der Waals surface area (Å²) in [5, 5.41) is 5.78. The molecule has 2 N–H and O–H groups in total. The number of hydrogen-bond donors (Lipinski definition) is 2. The lowest BCUT2D eigenvalue weighted by Crippen LogP contribution is -2.42. The molecule has 1 heterocycles. The number of imide groups is 1. The Hall–Kier alpha value is -2.64. The lowest BCUT2D eigenvalue weighted by Gasteiger charge is -2.29. The molecular formula is C24H23BrClN3O3. The maximum absolute atomic E-state index is 13.1. The summed E-state index contributed by atoms with van der Waals surface area (Å²) in [6, 6.07) is 12.4. The summed E-state index contributed by atoms with van der Waals surface area (Å²) in [5.41, 5.74) is 2.48. The molecule has 0 atom stereocenters. The van der Waals surface area contributed by atoms with Crippen LogP contribution in [0.25, 0.3) is 0 Å². The van der Waals surface area contributed by atoms with E-state index < -0.39 is 11.8 Å². The topological polar surface area (TPSA) is 78.5 Å². The van der Waals surface area contributed by atoms with Crippen molar-refractivity contribution in [3.05, 3.63) is 68.8 Å². The summed E-state index contributed by atoms with van der Waals surface area (Å²) < 4.78 is 0.772. The number of carbonyl (C=O) groups is 3. The highest BCUT2D eigenvalue weighted by Crippen LogP contribution is 2.33. The molecule has 6 nitrogen and oxygen atoms in total. The zero-order valence-electron chi connectivity index (χ0n) is 17.6. The van der Waals surface area contributed by atoms with Gasteiger partial charge < -0.3 is 10.6 Å². The Kier molecular flexibility index (Phi) is 6.67. The highest BCUT2D eigenvalue weighted by atomic mass is 79.9. The van der Waals surface area contributed by atoms with Gasteiger partial charge in [-0.1, -0.05) is 49.1 Å². The minimum absolute atomic E-state index is 0.0636. The number of nitrogens with zero attached hydrogens (tertiary/aromatic N) is 1. The van der Waals surface area contributed by atoms with E-state index in [9.17, 15) is 14.4 Å². The van der Waals surface area contributed by atoms with Gasteiger partial charge in [-0.15, -0.1) is 0 Å². The molecule has 32 heavy (non-hydrogen) atoms. The number of amides is 3. The van der Waals surface area contributed by atoms with Crippen LogP contribution >= 0.6 is 27.5 Å². The molecule has 4 rings (SSSR count). The van der Waals surface area contributed by atoms with Crippen LogP contribution in [0.5, 0.6) is 0 Å². The summed E-state index contributed by atoms with van der Waals surface area (Å²) >= 11 is 9.70. The van der Waals surface area contributed by atoms with Crippen LogP contribution in [0.3, 0.4) is 0 Å². The van der Waals surface area contributed by atoms with Crippen molar-refractivity contribution in [2.45, 2.75) is 45.1 Å². The molecular weight excluding hydrogens is 494 g/mol. The monoisotopic (exact) mass is 515 g/mol. The van der Waals surface area contributed by atoms with E-state index in [-0.39, 0.29) is 22.7 Å². The molecule has 2 aromatic rings. The molecule has 0 radical (unpaired) electrons. The van der Waals surface area contributed by atoms with Crippen LogP contribution in [0.15, 0.2) is 57.7 Å². The molecule has 1 saturated carbocycles. The molecule has 0 spiro atoms. The molecule has 1 aliphatic heterocycles. The fourth-order valence-electron chi connectivity index (χ4n) is 4.09. The van der Waals surface area contributed by atoms with Crippen LogP contribution in [0.2, 0.25) is 0 Å². The smallest absolute Gasteiger partial charge is 0.279 e. The standard InChI is InChI=1S/C24H23BrClN3O3/c1-14-11-12-15(22(30)28-18-10-6-5-9-17(18)25)13-19(14)27-21-20(26)23(31)29(24(21)32)16-7-3-2-4-8-16/h5-6,9-13,16,27H,2-4,7-8H2,1H3,(H,28,30). The van der Waals surface area contributed by atoms with Crippen LogP contribution in [0.4, 0.5) is 11.4 Å². The van der Waals surface area contributed by atoms with Gasteiger partial charge in [-0.2, -0.15) is 0 Å². The van der Waals surface area contributed by atoms with E-state index in [1.165, 1.54) is 4.90 Å². The zero-order valence-corrected chi connectivity index (χ0v) is 19.9. The third kappa shape index (κ3) is 4.45. The Morgan fingerprint density at radius 2 is 1.75 bits per heavy atom. The third-order valence-electron chi connectivity index (χ3n) is 5.88. The van der Waals surface area contributed by atoms with Crippen LogP contribution in [0.1, 0.15) is 48.0 Å². The molecule has 0 unspecified atom stereocenters. The van der Waals surface area contributed by atoms with Crippen LogP contribution in [-0.4, -0.2) is 28.7 Å². The molecule has 1 aliphatic carbocycles. The van der Waals surface area contributed by atoms with E-state index in [1.807, 2.05) is 25.1 Å². The average molecular weight is 517 g/mol. The van der Waals surface area contributed by atoms with Gasteiger partial charge in [0.2, 0.25) is 0 Å².